The maximum absolute atomic E-state index is 13.1. The number of aryl methyl sites for hydroxylation is 1. The van der Waals surface area contributed by atoms with Crippen molar-refractivity contribution in [3.05, 3.63) is 48.0 Å². The minimum atomic E-state index is -3.68. The molecule has 1 fully saturated rings. The minimum Gasteiger partial charge on any atom is -0.496 e. The van der Waals surface area contributed by atoms with Crippen LogP contribution >= 0.6 is 0 Å². The fraction of sp³-hybridized carbons (Fsp3) is 0.409. The minimum absolute atomic E-state index is 0.163. The van der Waals surface area contributed by atoms with E-state index in [1.165, 1.54) is 4.31 Å². The molecule has 1 atom stereocenters. The van der Waals surface area contributed by atoms with Gasteiger partial charge in [0.25, 0.3) is 0 Å². The fourth-order valence-electron chi connectivity index (χ4n) is 3.58. The van der Waals surface area contributed by atoms with E-state index in [4.69, 9.17) is 9.47 Å². The molecule has 1 N–H and O–H groups in total. The highest BCUT2D eigenvalue weighted by Gasteiger charge is 2.33. The van der Waals surface area contributed by atoms with Crippen LogP contribution in [-0.4, -0.2) is 45.4 Å². The molecule has 0 radical (unpaired) electrons. The van der Waals surface area contributed by atoms with E-state index in [-0.39, 0.29) is 17.3 Å². The van der Waals surface area contributed by atoms with Crippen LogP contribution in [0.25, 0.3) is 0 Å². The average Bonchev–Trinajstić information content (AvgIpc) is 2.75. The van der Waals surface area contributed by atoms with Crippen molar-refractivity contribution in [2.75, 3.05) is 32.1 Å². The third-order valence-electron chi connectivity index (χ3n) is 5.19. The summed E-state index contributed by atoms with van der Waals surface area (Å²) in [6.07, 6.45) is 1.28. The molecule has 1 saturated heterocycles. The van der Waals surface area contributed by atoms with Crippen LogP contribution in [0, 0.1) is 12.8 Å². The van der Waals surface area contributed by atoms with Crippen LogP contribution < -0.4 is 14.8 Å². The van der Waals surface area contributed by atoms with Gasteiger partial charge >= 0.3 is 0 Å². The summed E-state index contributed by atoms with van der Waals surface area (Å²) >= 11 is 0. The van der Waals surface area contributed by atoms with Gasteiger partial charge < -0.3 is 14.8 Å². The van der Waals surface area contributed by atoms with Crippen molar-refractivity contribution >= 4 is 21.6 Å². The monoisotopic (exact) mass is 432 g/mol. The maximum Gasteiger partial charge on any atom is 0.243 e. The van der Waals surface area contributed by atoms with E-state index in [9.17, 15) is 13.2 Å². The van der Waals surface area contributed by atoms with E-state index in [0.29, 0.717) is 37.4 Å². The second kappa shape index (κ2) is 9.49. The van der Waals surface area contributed by atoms with E-state index < -0.39 is 15.9 Å². The number of benzene rings is 2. The lowest BCUT2D eigenvalue weighted by Crippen LogP contribution is -2.43. The molecule has 0 bridgehead atoms. The molecule has 0 saturated carbocycles. The molecule has 8 heteroatoms. The second-order valence-corrected chi connectivity index (χ2v) is 9.22. The van der Waals surface area contributed by atoms with Crippen LogP contribution in [0.2, 0.25) is 0 Å². The molecular formula is C22H28N2O5S. The number of hydrogen-bond donors (Lipinski definition) is 1. The van der Waals surface area contributed by atoms with Crippen molar-refractivity contribution in [3.63, 3.8) is 0 Å². The van der Waals surface area contributed by atoms with Crippen molar-refractivity contribution in [3.8, 4) is 11.5 Å². The van der Waals surface area contributed by atoms with E-state index in [1.54, 1.807) is 56.5 Å². The van der Waals surface area contributed by atoms with Crippen molar-refractivity contribution in [2.24, 2.45) is 5.92 Å². The van der Waals surface area contributed by atoms with Crippen LogP contribution in [0.4, 0.5) is 5.69 Å². The smallest absolute Gasteiger partial charge is 0.243 e. The molecule has 0 spiro atoms. The first-order chi connectivity index (χ1) is 14.3. The Labute approximate surface area is 178 Å². The molecular weight excluding hydrogens is 404 g/mol. The Kier molecular flexibility index (Phi) is 6.99. The first-order valence-electron chi connectivity index (χ1n) is 10.0. The Morgan fingerprint density at radius 1 is 1.20 bits per heavy atom. The lowest BCUT2D eigenvalue weighted by Gasteiger charge is -2.31. The Morgan fingerprint density at radius 3 is 2.57 bits per heavy atom. The summed E-state index contributed by atoms with van der Waals surface area (Å²) in [5, 5.41) is 2.88. The van der Waals surface area contributed by atoms with Gasteiger partial charge in [-0.2, -0.15) is 4.31 Å². The van der Waals surface area contributed by atoms with Crippen LogP contribution in [0.1, 0.15) is 25.3 Å². The van der Waals surface area contributed by atoms with E-state index in [2.05, 4.69) is 5.32 Å². The zero-order valence-corrected chi connectivity index (χ0v) is 18.4. The molecule has 0 aromatic heterocycles. The van der Waals surface area contributed by atoms with Gasteiger partial charge in [-0.25, -0.2) is 8.42 Å². The van der Waals surface area contributed by atoms with Gasteiger partial charge in [0.05, 0.1) is 24.5 Å². The van der Waals surface area contributed by atoms with Gasteiger partial charge in [0, 0.05) is 18.8 Å². The third-order valence-corrected chi connectivity index (χ3v) is 7.05. The normalized spacial score (nSPS) is 17.4. The van der Waals surface area contributed by atoms with Gasteiger partial charge in [0.15, 0.2) is 0 Å². The van der Waals surface area contributed by atoms with Crippen LogP contribution in [-0.2, 0) is 14.8 Å². The Hall–Kier alpha value is -2.58. The number of amides is 1. The van der Waals surface area contributed by atoms with Crippen molar-refractivity contribution < 1.29 is 22.7 Å². The second-order valence-electron chi connectivity index (χ2n) is 7.28. The number of methoxy groups -OCH3 is 1. The number of piperidine rings is 1. The van der Waals surface area contributed by atoms with Gasteiger partial charge in [-0.15, -0.1) is 0 Å². The number of anilines is 1. The molecule has 1 aliphatic heterocycles. The molecule has 1 amide bonds. The summed E-state index contributed by atoms with van der Waals surface area (Å²) in [6, 6.07) is 12.0. The molecule has 2 aromatic rings. The van der Waals surface area contributed by atoms with Gasteiger partial charge in [0.1, 0.15) is 11.5 Å². The Morgan fingerprint density at radius 2 is 1.93 bits per heavy atom. The average molecular weight is 433 g/mol. The summed E-state index contributed by atoms with van der Waals surface area (Å²) in [7, 11) is -2.13. The summed E-state index contributed by atoms with van der Waals surface area (Å²) in [6.45, 7) is 4.86. The van der Waals surface area contributed by atoms with Crippen molar-refractivity contribution in [1.29, 1.82) is 0 Å². The third kappa shape index (κ3) is 4.94. The quantitative estimate of drug-likeness (QED) is 0.724. The van der Waals surface area contributed by atoms with Gasteiger partial charge in [-0.3, -0.25) is 4.79 Å². The molecule has 0 aliphatic carbocycles. The van der Waals surface area contributed by atoms with Crippen LogP contribution in [0.3, 0.4) is 0 Å². The number of nitrogens with zero attached hydrogens (tertiary/aromatic N) is 1. The Bertz CT molecular complexity index is 989. The van der Waals surface area contributed by atoms with Crippen molar-refractivity contribution in [1.82, 2.24) is 4.31 Å². The lowest BCUT2D eigenvalue weighted by molar-refractivity contribution is -0.120. The predicted molar refractivity (Wildman–Crippen MR) is 115 cm³/mol. The largest absolute Gasteiger partial charge is 0.496 e. The molecule has 1 aliphatic rings. The van der Waals surface area contributed by atoms with E-state index >= 15 is 0 Å². The van der Waals surface area contributed by atoms with Crippen LogP contribution in [0.15, 0.2) is 47.4 Å². The van der Waals surface area contributed by atoms with Gasteiger partial charge in [0.2, 0.25) is 15.9 Å². The molecule has 0 unspecified atom stereocenters. The first-order valence-corrected chi connectivity index (χ1v) is 11.5. The number of rotatable bonds is 7. The summed E-state index contributed by atoms with van der Waals surface area (Å²) in [5.74, 6) is 0.796. The zero-order valence-electron chi connectivity index (χ0n) is 17.6. The number of carbonyl (C=O) groups excluding carboxylic acids is 1. The summed E-state index contributed by atoms with van der Waals surface area (Å²) in [4.78, 5) is 13.0. The highest BCUT2D eigenvalue weighted by molar-refractivity contribution is 7.89. The maximum atomic E-state index is 13.1. The number of sulfonamides is 1. The number of carbonyl (C=O) groups is 1. The van der Waals surface area contributed by atoms with Crippen LogP contribution in [0.5, 0.6) is 11.5 Å². The number of nitrogens with one attached hydrogen (secondary N) is 1. The summed E-state index contributed by atoms with van der Waals surface area (Å²) in [5.41, 5.74) is 1.41. The lowest BCUT2D eigenvalue weighted by atomic mass is 9.99. The highest BCUT2D eigenvalue weighted by atomic mass is 32.2. The van der Waals surface area contributed by atoms with Crippen molar-refractivity contribution in [2.45, 2.75) is 31.6 Å². The molecule has 30 heavy (non-hydrogen) atoms. The summed E-state index contributed by atoms with van der Waals surface area (Å²) < 4.78 is 38.2. The van der Waals surface area contributed by atoms with E-state index in [0.717, 1.165) is 11.3 Å². The molecule has 2 aromatic carbocycles. The van der Waals surface area contributed by atoms with E-state index in [1.807, 2.05) is 6.92 Å². The topological polar surface area (TPSA) is 84.9 Å². The fourth-order valence-corrected chi connectivity index (χ4v) is 5.19. The molecule has 3 rings (SSSR count). The standard InChI is InChI=1S/C22H28N2O5S/c1-4-29-19-9-7-18(8-10-19)23-22(25)17-6-5-13-24(15-17)30(26,27)20-11-12-21(28-3)16(2)14-20/h7-12,14,17H,4-6,13,15H2,1-3H3,(H,23,25)/t17-/m0/s1. The highest BCUT2D eigenvalue weighted by Crippen LogP contribution is 2.28. The first kappa shape index (κ1) is 22.1. The molecule has 162 valence electrons. The zero-order chi connectivity index (χ0) is 21.7. The number of hydrogen-bond acceptors (Lipinski definition) is 5. The molecule has 7 nitrogen and oxygen atoms in total. The predicted octanol–water partition coefficient (Wildman–Crippen LogP) is 3.44. The SMILES string of the molecule is CCOc1ccc(NC(=O)[C@H]2CCCN(S(=O)(=O)c3ccc(OC)c(C)c3)C2)cc1. The van der Waals surface area contributed by atoms with Gasteiger partial charge in [-0.1, -0.05) is 0 Å². The Balaban J connectivity index is 1.69. The van der Waals surface area contributed by atoms with Gasteiger partial charge in [-0.05, 0) is 74.7 Å². The molecule has 1 heterocycles. The number of ether oxygens (including phenoxy) is 2.